The molecule has 3 aromatic rings. The molecule has 1 fully saturated rings. The van der Waals surface area contributed by atoms with Gasteiger partial charge in [-0.2, -0.15) is 0 Å². The lowest BCUT2D eigenvalue weighted by molar-refractivity contribution is -0.118. The zero-order chi connectivity index (χ0) is 18.8. The third-order valence-electron chi connectivity index (χ3n) is 4.50. The van der Waals surface area contributed by atoms with Gasteiger partial charge in [-0.15, -0.1) is 21.5 Å². The first kappa shape index (κ1) is 18.5. The van der Waals surface area contributed by atoms with Gasteiger partial charge in [-0.1, -0.05) is 18.7 Å². The summed E-state index contributed by atoms with van der Waals surface area (Å²) in [6.45, 7) is 3.88. The molecule has 10 heteroatoms. The van der Waals surface area contributed by atoms with Crippen molar-refractivity contribution >= 4 is 45.0 Å². The summed E-state index contributed by atoms with van der Waals surface area (Å²) in [6, 6.07) is 1.90. The van der Waals surface area contributed by atoms with Crippen LogP contribution >= 0.6 is 23.1 Å². The fourth-order valence-electron chi connectivity index (χ4n) is 3.20. The van der Waals surface area contributed by atoms with Crippen molar-refractivity contribution in [3.05, 3.63) is 21.8 Å². The highest BCUT2D eigenvalue weighted by Crippen LogP contribution is 2.25. The van der Waals surface area contributed by atoms with Gasteiger partial charge in [0.2, 0.25) is 11.7 Å². The van der Waals surface area contributed by atoms with E-state index >= 15 is 0 Å². The van der Waals surface area contributed by atoms with Crippen LogP contribution in [0.15, 0.2) is 21.4 Å². The lowest BCUT2D eigenvalue weighted by atomic mass is 10.2. The number of thioether (sulfide) groups is 1. The van der Waals surface area contributed by atoms with Crippen LogP contribution in [0.1, 0.15) is 26.2 Å². The molecule has 1 N–H and O–H groups in total. The molecule has 0 saturated carbocycles. The van der Waals surface area contributed by atoms with E-state index < -0.39 is 0 Å². The van der Waals surface area contributed by atoms with Gasteiger partial charge in [-0.05, 0) is 30.7 Å². The average Bonchev–Trinajstić information content (AvgIpc) is 3.41. The molecule has 4 heterocycles. The highest BCUT2D eigenvalue weighted by atomic mass is 32.2. The lowest BCUT2D eigenvalue weighted by Gasteiger charge is -2.13. The molecule has 0 aliphatic carbocycles. The van der Waals surface area contributed by atoms with Crippen LogP contribution < -0.4 is 10.9 Å². The molecule has 0 spiro atoms. The Kier molecular flexibility index (Phi) is 5.46. The molecule has 144 valence electrons. The predicted molar refractivity (Wildman–Crippen MR) is 106 cm³/mol. The number of nitrogens with zero attached hydrogens (tertiary/aromatic N) is 4. The van der Waals surface area contributed by atoms with Crippen molar-refractivity contribution in [2.75, 3.05) is 18.9 Å². The van der Waals surface area contributed by atoms with Gasteiger partial charge < -0.3 is 10.1 Å². The number of fused-ring (bicyclic) bond motifs is 3. The first-order valence-electron chi connectivity index (χ1n) is 9.05. The monoisotopic (exact) mass is 407 g/mol. The molecule has 1 atom stereocenters. The third-order valence-corrected chi connectivity index (χ3v) is 6.32. The largest absolute Gasteiger partial charge is 0.376 e. The zero-order valence-corrected chi connectivity index (χ0v) is 16.6. The molecule has 1 aliphatic rings. The van der Waals surface area contributed by atoms with Crippen LogP contribution in [-0.2, 0) is 16.1 Å². The number of rotatable bonds is 7. The van der Waals surface area contributed by atoms with Gasteiger partial charge in [-0.25, -0.2) is 0 Å². The zero-order valence-electron chi connectivity index (χ0n) is 15.0. The summed E-state index contributed by atoms with van der Waals surface area (Å²) in [5.74, 6) is 0.725. The van der Waals surface area contributed by atoms with Crippen LogP contribution in [0.25, 0.3) is 16.0 Å². The number of carbonyl (C=O) groups is 1. The van der Waals surface area contributed by atoms with Crippen molar-refractivity contribution in [2.24, 2.45) is 0 Å². The maximum atomic E-state index is 13.0. The number of aromatic nitrogens is 4. The van der Waals surface area contributed by atoms with E-state index in [9.17, 15) is 9.59 Å². The van der Waals surface area contributed by atoms with E-state index in [0.29, 0.717) is 28.7 Å². The Labute approximate surface area is 163 Å². The van der Waals surface area contributed by atoms with E-state index in [0.717, 1.165) is 31.4 Å². The molecule has 27 heavy (non-hydrogen) atoms. The third kappa shape index (κ3) is 3.61. The second-order valence-electron chi connectivity index (χ2n) is 6.44. The molecule has 4 rings (SSSR count). The van der Waals surface area contributed by atoms with E-state index in [1.807, 2.05) is 22.8 Å². The molecule has 1 amide bonds. The summed E-state index contributed by atoms with van der Waals surface area (Å²) in [7, 11) is 0. The van der Waals surface area contributed by atoms with E-state index in [-0.39, 0.29) is 23.3 Å². The fraction of sp³-hybridized carbons (Fsp3) is 0.529. The number of ether oxygens (including phenoxy) is 1. The second-order valence-corrected chi connectivity index (χ2v) is 8.30. The Morgan fingerprint density at radius 3 is 3.15 bits per heavy atom. The minimum Gasteiger partial charge on any atom is -0.376 e. The Balaban J connectivity index is 1.71. The molecule has 1 unspecified atom stereocenters. The molecular formula is C17H21N5O3S2. The summed E-state index contributed by atoms with van der Waals surface area (Å²) < 4.78 is 9.90. The quantitative estimate of drug-likeness (QED) is 0.602. The molecular weight excluding hydrogens is 386 g/mol. The van der Waals surface area contributed by atoms with Gasteiger partial charge in [0, 0.05) is 13.2 Å². The Bertz CT molecular complexity index is 1020. The van der Waals surface area contributed by atoms with Crippen molar-refractivity contribution in [1.82, 2.24) is 24.5 Å². The van der Waals surface area contributed by atoms with Crippen LogP contribution in [0.4, 0.5) is 0 Å². The van der Waals surface area contributed by atoms with E-state index in [4.69, 9.17) is 4.74 Å². The molecule has 0 bridgehead atoms. The summed E-state index contributed by atoms with van der Waals surface area (Å²) in [5.41, 5.74) is 0.720. The normalized spacial score (nSPS) is 17.1. The van der Waals surface area contributed by atoms with Gasteiger partial charge >= 0.3 is 0 Å². The van der Waals surface area contributed by atoms with E-state index in [1.54, 1.807) is 4.57 Å². The molecule has 1 saturated heterocycles. The molecule has 1 aliphatic heterocycles. The maximum Gasteiger partial charge on any atom is 0.272 e. The Hall–Kier alpha value is -1.91. The summed E-state index contributed by atoms with van der Waals surface area (Å²) >= 11 is 2.74. The van der Waals surface area contributed by atoms with Crippen LogP contribution in [0.3, 0.4) is 0 Å². The number of thiophene rings is 1. The molecule has 3 aromatic heterocycles. The highest BCUT2D eigenvalue weighted by molar-refractivity contribution is 7.99. The number of amides is 1. The molecule has 0 aromatic carbocycles. The lowest BCUT2D eigenvalue weighted by Crippen LogP contribution is -2.28. The van der Waals surface area contributed by atoms with Gasteiger partial charge in [0.25, 0.3) is 5.56 Å². The van der Waals surface area contributed by atoms with Crippen LogP contribution in [-0.4, -0.2) is 50.1 Å². The van der Waals surface area contributed by atoms with Gasteiger partial charge in [-0.3, -0.25) is 18.6 Å². The van der Waals surface area contributed by atoms with Crippen LogP contribution in [0, 0.1) is 0 Å². The maximum absolute atomic E-state index is 13.0. The van der Waals surface area contributed by atoms with Crippen molar-refractivity contribution in [3.8, 4) is 0 Å². The summed E-state index contributed by atoms with van der Waals surface area (Å²) in [5, 5.41) is 13.9. The smallest absolute Gasteiger partial charge is 0.272 e. The van der Waals surface area contributed by atoms with Crippen molar-refractivity contribution in [3.63, 3.8) is 0 Å². The Morgan fingerprint density at radius 1 is 1.48 bits per heavy atom. The Morgan fingerprint density at radius 2 is 2.37 bits per heavy atom. The number of nitrogens with one attached hydrogen (secondary N) is 1. The number of hydrogen-bond donors (Lipinski definition) is 1. The van der Waals surface area contributed by atoms with Crippen molar-refractivity contribution in [2.45, 2.75) is 44.0 Å². The second kappa shape index (κ2) is 7.99. The van der Waals surface area contributed by atoms with Crippen molar-refractivity contribution < 1.29 is 9.53 Å². The van der Waals surface area contributed by atoms with E-state index in [1.165, 1.54) is 23.1 Å². The van der Waals surface area contributed by atoms with Gasteiger partial charge in [0.05, 0.1) is 23.9 Å². The minimum absolute atomic E-state index is 0.0246. The first-order valence-corrected chi connectivity index (χ1v) is 10.9. The van der Waals surface area contributed by atoms with Gasteiger partial charge in [0.1, 0.15) is 4.70 Å². The van der Waals surface area contributed by atoms with Crippen LogP contribution in [0.5, 0.6) is 0 Å². The standard InChI is InChI=1S/C17H21N5O3S2/c1-2-6-18-13(23)10-27-17-20-19-16-21(9-11-4-3-7-25-11)15(24)14-12(22(16)17)5-8-26-14/h5,8,11H,2-4,6-7,9-10H2,1H3,(H,18,23). The summed E-state index contributed by atoms with van der Waals surface area (Å²) in [6.07, 6.45) is 2.87. The predicted octanol–water partition coefficient (Wildman–Crippen LogP) is 1.90. The SMILES string of the molecule is CCCNC(=O)CSc1nnc2n(CC3CCCO3)c(=O)c3sccc3n12. The van der Waals surface area contributed by atoms with E-state index in [2.05, 4.69) is 15.5 Å². The minimum atomic E-state index is -0.0624. The highest BCUT2D eigenvalue weighted by Gasteiger charge is 2.22. The number of hydrogen-bond acceptors (Lipinski definition) is 7. The van der Waals surface area contributed by atoms with Crippen LogP contribution in [0.2, 0.25) is 0 Å². The topological polar surface area (TPSA) is 90.5 Å². The number of carbonyl (C=O) groups excluding carboxylic acids is 1. The molecule has 8 nitrogen and oxygen atoms in total. The fourth-order valence-corrected chi connectivity index (χ4v) is 4.79. The first-order chi connectivity index (χ1) is 13.2. The summed E-state index contributed by atoms with van der Waals surface area (Å²) in [4.78, 5) is 24.9. The van der Waals surface area contributed by atoms with Crippen molar-refractivity contribution in [1.29, 1.82) is 0 Å². The van der Waals surface area contributed by atoms with Gasteiger partial charge in [0.15, 0.2) is 5.16 Å². The molecule has 0 radical (unpaired) electrons. The average molecular weight is 408 g/mol.